The number of hydrogen-bond acceptors (Lipinski definition) is 2. The summed E-state index contributed by atoms with van der Waals surface area (Å²) >= 11 is 0. The van der Waals surface area contributed by atoms with E-state index in [0.717, 1.165) is 11.6 Å². The summed E-state index contributed by atoms with van der Waals surface area (Å²) in [5.74, 6) is -0.783. The van der Waals surface area contributed by atoms with Crippen LogP contribution in [0, 0.1) is 0 Å². The fourth-order valence-electron chi connectivity index (χ4n) is 1.78. The zero-order chi connectivity index (χ0) is 15.0. The molecule has 0 aromatic heterocycles. The minimum absolute atomic E-state index is 0.212. The molecule has 0 amide bonds. The molecule has 0 aliphatic heterocycles. The Kier molecular flexibility index (Phi) is 6.17. The second-order valence-electron chi connectivity index (χ2n) is 4.41. The first-order chi connectivity index (χ1) is 9.54. The summed E-state index contributed by atoms with van der Waals surface area (Å²) in [7, 11) is 0. The Morgan fingerprint density at radius 3 is 2.55 bits per heavy atom. The molecule has 0 bridgehead atoms. The smallest absolute Gasteiger partial charge is 0.330 e. The number of benzene rings is 1. The first-order valence-corrected chi connectivity index (χ1v) is 6.37. The Morgan fingerprint density at radius 2 is 2.00 bits per heavy atom. The number of carbonyl (C=O) groups is 1. The van der Waals surface area contributed by atoms with Crippen LogP contribution in [-0.2, 0) is 4.79 Å². The maximum atomic E-state index is 10.5. The van der Waals surface area contributed by atoms with E-state index in [0.29, 0.717) is 5.70 Å². The molecular weight excluding hydrogens is 250 g/mol. The summed E-state index contributed by atoms with van der Waals surface area (Å²) in [4.78, 5) is 14.5. The molecule has 0 aliphatic rings. The van der Waals surface area contributed by atoms with Crippen molar-refractivity contribution in [2.24, 2.45) is 4.99 Å². The number of nitrogens with zero attached hydrogens (tertiary/aromatic N) is 1. The van der Waals surface area contributed by atoms with E-state index >= 15 is 0 Å². The average Bonchev–Trinajstić information content (AvgIpc) is 2.43. The van der Waals surface area contributed by atoms with Gasteiger partial charge < -0.3 is 5.11 Å². The van der Waals surface area contributed by atoms with Crippen LogP contribution in [0.2, 0.25) is 0 Å². The van der Waals surface area contributed by atoms with E-state index in [9.17, 15) is 4.79 Å². The second kappa shape index (κ2) is 7.89. The highest BCUT2D eigenvalue weighted by atomic mass is 16.4. The third-order valence-electron chi connectivity index (χ3n) is 2.91. The first-order valence-electron chi connectivity index (χ1n) is 6.37. The largest absolute Gasteiger partial charge is 0.478 e. The molecule has 0 saturated carbocycles. The van der Waals surface area contributed by atoms with Gasteiger partial charge in [0.2, 0.25) is 0 Å². The lowest BCUT2D eigenvalue weighted by molar-refractivity contribution is -0.131. The van der Waals surface area contributed by atoms with Crippen molar-refractivity contribution in [2.45, 2.75) is 19.8 Å². The maximum Gasteiger partial charge on any atom is 0.330 e. The summed E-state index contributed by atoms with van der Waals surface area (Å²) in [6, 6.07) is 10.1. The van der Waals surface area contributed by atoms with Crippen molar-refractivity contribution in [3.63, 3.8) is 0 Å². The van der Waals surface area contributed by atoms with Crippen LogP contribution in [0.15, 0.2) is 71.4 Å². The SMILES string of the molecule is C=C\C(=C/C=N/C(C)=C/C(=O)O)C(C)c1ccccc1. The number of hydrogen-bond donors (Lipinski definition) is 1. The molecule has 1 rings (SSSR count). The van der Waals surface area contributed by atoms with Crippen molar-refractivity contribution < 1.29 is 9.90 Å². The molecule has 0 saturated heterocycles. The molecule has 3 heteroatoms. The van der Waals surface area contributed by atoms with Gasteiger partial charge in [0.05, 0.1) is 0 Å². The molecule has 20 heavy (non-hydrogen) atoms. The van der Waals surface area contributed by atoms with E-state index in [1.165, 1.54) is 5.56 Å². The van der Waals surface area contributed by atoms with Crippen LogP contribution in [0.5, 0.6) is 0 Å². The maximum absolute atomic E-state index is 10.5. The van der Waals surface area contributed by atoms with Crippen molar-refractivity contribution in [3.05, 3.63) is 72.0 Å². The molecule has 1 aromatic rings. The monoisotopic (exact) mass is 269 g/mol. The van der Waals surface area contributed by atoms with Crippen molar-refractivity contribution in [1.82, 2.24) is 0 Å². The molecule has 0 heterocycles. The highest BCUT2D eigenvalue weighted by Gasteiger charge is 2.07. The van der Waals surface area contributed by atoms with Gasteiger partial charge in [0, 0.05) is 23.9 Å². The fraction of sp³-hybridized carbons (Fsp3) is 0.176. The summed E-state index contributed by atoms with van der Waals surface area (Å²) in [6.07, 6.45) is 6.31. The van der Waals surface area contributed by atoms with Gasteiger partial charge in [0.25, 0.3) is 0 Å². The third kappa shape index (κ3) is 5.06. The Bertz CT molecular complexity index is 554. The predicted molar refractivity (Wildman–Crippen MR) is 83.0 cm³/mol. The van der Waals surface area contributed by atoms with Crippen LogP contribution in [0.25, 0.3) is 0 Å². The molecule has 1 unspecified atom stereocenters. The molecule has 0 radical (unpaired) electrons. The van der Waals surface area contributed by atoms with Crippen LogP contribution in [0.4, 0.5) is 0 Å². The third-order valence-corrected chi connectivity index (χ3v) is 2.91. The van der Waals surface area contributed by atoms with Crippen molar-refractivity contribution in [1.29, 1.82) is 0 Å². The van der Waals surface area contributed by atoms with Gasteiger partial charge in [-0.05, 0) is 24.1 Å². The standard InChI is InChI=1S/C17H19NO2/c1-4-15(10-11-18-13(2)12-17(19)20)14(3)16-8-6-5-7-9-16/h4-12,14H,1H2,2-3H3,(H,19,20)/b13-12+,15-10+,18-11+. The summed E-state index contributed by atoms with van der Waals surface area (Å²) < 4.78 is 0. The molecule has 1 aromatic carbocycles. The van der Waals surface area contributed by atoms with Crippen molar-refractivity contribution in [2.75, 3.05) is 0 Å². The van der Waals surface area contributed by atoms with Gasteiger partial charge in [-0.1, -0.05) is 49.9 Å². The van der Waals surface area contributed by atoms with Gasteiger partial charge in [-0.25, -0.2) is 4.79 Å². The molecule has 3 nitrogen and oxygen atoms in total. The lowest BCUT2D eigenvalue weighted by Gasteiger charge is -2.12. The average molecular weight is 269 g/mol. The van der Waals surface area contributed by atoms with Crippen molar-refractivity contribution >= 4 is 12.2 Å². The molecule has 1 atom stereocenters. The minimum atomic E-state index is -0.995. The number of carboxylic acid groups (broad SMARTS) is 1. The molecule has 0 spiro atoms. The molecule has 104 valence electrons. The van der Waals surface area contributed by atoms with Gasteiger partial charge >= 0.3 is 5.97 Å². The van der Waals surface area contributed by atoms with Crippen LogP contribution in [0.3, 0.4) is 0 Å². The van der Waals surface area contributed by atoms with E-state index in [2.05, 4.69) is 30.6 Å². The zero-order valence-electron chi connectivity index (χ0n) is 11.8. The number of rotatable bonds is 6. The van der Waals surface area contributed by atoms with E-state index < -0.39 is 5.97 Å². The lowest BCUT2D eigenvalue weighted by Crippen LogP contribution is -1.96. The molecule has 0 aliphatic carbocycles. The van der Waals surface area contributed by atoms with Gasteiger partial charge in [-0.2, -0.15) is 0 Å². The van der Waals surface area contributed by atoms with Crippen molar-refractivity contribution in [3.8, 4) is 0 Å². The van der Waals surface area contributed by atoms with E-state index in [4.69, 9.17) is 5.11 Å². The van der Waals surface area contributed by atoms with Gasteiger partial charge in [0.15, 0.2) is 0 Å². The lowest BCUT2D eigenvalue weighted by atomic mass is 9.93. The van der Waals surface area contributed by atoms with Crippen LogP contribution in [0.1, 0.15) is 25.3 Å². The van der Waals surface area contributed by atoms with Crippen LogP contribution in [-0.4, -0.2) is 17.3 Å². The Balaban J connectivity index is 2.86. The van der Waals surface area contributed by atoms with Crippen LogP contribution < -0.4 is 0 Å². The number of carboxylic acids is 1. The zero-order valence-corrected chi connectivity index (χ0v) is 11.8. The minimum Gasteiger partial charge on any atom is -0.478 e. The van der Waals surface area contributed by atoms with E-state index in [1.54, 1.807) is 19.2 Å². The molecule has 0 fully saturated rings. The number of aliphatic carboxylic acids is 1. The first kappa shape index (κ1) is 15.6. The molecular formula is C17H19NO2. The highest BCUT2D eigenvalue weighted by Crippen LogP contribution is 2.23. The van der Waals surface area contributed by atoms with Gasteiger partial charge in [-0.15, -0.1) is 0 Å². The Hall–Kier alpha value is -2.42. The summed E-state index contributed by atoms with van der Waals surface area (Å²) in [6.45, 7) is 7.55. The highest BCUT2D eigenvalue weighted by molar-refractivity contribution is 5.81. The predicted octanol–water partition coefficient (Wildman–Crippen LogP) is 3.96. The topological polar surface area (TPSA) is 49.7 Å². The molecule has 1 N–H and O–H groups in total. The normalized spacial score (nSPS) is 14.3. The quantitative estimate of drug-likeness (QED) is 0.482. The Morgan fingerprint density at radius 1 is 1.35 bits per heavy atom. The summed E-state index contributed by atoms with van der Waals surface area (Å²) in [5, 5.41) is 8.59. The fourth-order valence-corrected chi connectivity index (χ4v) is 1.78. The van der Waals surface area contributed by atoms with E-state index in [-0.39, 0.29) is 5.92 Å². The van der Waals surface area contributed by atoms with Gasteiger partial charge in [0.1, 0.15) is 0 Å². The van der Waals surface area contributed by atoms with Gasteiger partial charge in [-0.3, -0.25) is 4.99 Å². The number of aliphatic imine (C=N–C) groups is 1. The number of allylic oxidation sites excluding steroid dienone is 4. The van der Waals surface area contributed by atoms with Crippen LogP contribution >= 0.6 is 0 Å². The summed E-state index contributed by atoms with van der Waals surface area (Å²) in [5.41, 5.74) is 2.68. The second-order valence-corrected chi connectivity index (χ2v) is 4.41. The van der Waals surface area contributed by atoms with E-state index in [1.807, 2.05) is 24.3 Å². The Labute approximate surface area is 119 Å².